The molecule has 0 amide bonds. The predicted molar refractivity (Wildman–Crippen MR) is 58.5 cm³/mol. The second kappa shape index (κ2) is 4.11. The highest BCUT2D eigenvalue weighted by Gasteiger charge is 1.95. The van der Waals surface area contributed by atoms with Crippen LogP contribution in [0, 0.1) is 0 Å². The van der Waals surface area contributed by atoms with E-state index in [0.29, 0.717) is 6.73 Å². The van der Waals surface area contributed by atoms with E-state index >= 15 is 0 Å². The van der Waals surface area contributed by atoms with E-state index in [1.165, 1.54) is 10.8 Å². The third-order valence-corrected chi connectivity index (χ3v) is 2.10. The molecule has 0 fully saturated rings. The standard InChI is InChI=1S/C12H13NO/c1-13-9-14-12-7-6-10-4-2-3-5-11(10)8-12/h2-8,13H,9H2,1H3. The molecule has 0 radical (unpaired) electrons. The lowest BCUT2D eigenvalue weighted by Crippen LogP contribution is -2.13. The minimum Gasteiger partial charge on any atom is -0.478 e. The fourth-order valence-corrected chi connectivity index (χ4v) is 1.41. The maximum absolute atomic E-state index is 5.45. The Bertz CT molecular complexity index is 425. The third-order valence-electron chi connectivity index (χ3n) is 2.10. The molecular weight excluding hydrogens is 174 g/mol. The molecule has 0 aliphatic heterocycles. The Morgan fingerprint density at radius 2 is 1.86 bits per heavy atom. The molecule has 0 aliphatic rings. The molecule has 0 spiro atoms. The van der Waals surface area contributed by atoms with Gasteiger partial charge < -0.3 is 4.74 Å². The molecule has 2 heteroatoms. The lowest BCUT2D eigenvalue weighted by molar-refractivity contribution is 0.296. The van der Waals surface area contributed by atoms with Gasteiger partial charge in [0.2, 0.25) is 0 Å². The number of benzene rings is 2. The highest BCUT2D eigenvalue weighted by molar-refractivity contribution is 5.83. The molecule has 72 valence electrons. The number of rotatable bonds is 3. The average molecular weight is 187 g/mol. The zero-order chi connectivity index (χ0) is 9.80. The van der Waals surface area contributed by atoms with Crippen LogP contribution in [-0.4, -0.2) is 13.8 Å². The fraction of sp³-hybridized carbons (Fsp3) is 0.167. The number of nitrogens with one attached hydrogen (secondary N) is 1. The van der Waals surface area contributed by atoms with Crippen molar-refractivity contribution in [2.75, 3.05) is 13.8 Å². The molecule has 1 N–H and O–H groups in total. The van der Waals surface area contributed by atoms with E-state index in [9.17, 15) is 0 Å². The van der Waals surface area contributed by atoms with Crippen molar-refractivity contribution in [1.82, 2.24) is 5.32 Å². The van der Waals surface area contributed by atoms with Crippen molar-refractivity contribution in [3.8, 4) is 5.75 Å². The first kappa shape index (κ1) is 9.03. The Hall–Kier alpha value is -1.54. The Morgan fingerprint density at radius 1 is 1.07 bits per heavy atom. The molecule has 0 bridgehead atoms. The summed E-state index contributed by atoms with van der Waals surface area (Å²) in [4.78, 5) is 0. The summed E-state index contributed by atoms with van der Waals surface area (Å²) in [5.74, 6) is 0.901. The minimum atomic E-state index is 0.540. The third kappa shape index (κ3) is 1.86. The van der Waals surface area contributed by atoms with Gasteiger partial charge in [0.25, 0.3) is 0 Å². The molecule has 0 heterocycles. The summed E-state index contributed by atoms with van der Waals surface area (Å²) in [5, 5.41) is 5.39. The van der Waals surface area contributed by atoms with Gasteiger partial charge in [0, 0.05) is 0 Å². The highest BCUT2D eigenvalue weighted by atomic mass is 16.5. The molecule has 2 nitrogen and oxygen atoms in total. The molecule has 0 saturated carbocycles. The summed E-state index contributed by atoms with van der Waals surface area (Å²) < 4.78 is 5.45. The maximum Gasteiger partial charge on any atom is 0.139 e. The Labute approximate surface area is 83.5 Å². The van der Waals surface area contributed by atoms with E-state index in [1.54, 1.807) is 0 Å². The van der Waals surface area contributed by atoms with E-state index in [0.717, 1.165) is 5.75 Å². The Balaban J connectivity index is 2.32. The molecule has 14 heavy (non-hydrogen) atoms. The lowest BCUT2D eigenvalue weighted by Gasteiger charge is -2.05. The number of fused-ring (bicyclic) bond motifs is 1. The van der Waals surface area contributed by atoms with Crippen LogP contribution in [0.25, 0.3) is 10.8 Å². The smallest absolute Gasteiger partial charge is 0.139 e. The van der Waals surface area contributed by atoms with Crippen molar-refractivity contribution in [3.05, 3.63) is 42.5 Å². The fourth-order valence-electron chi connectivity index (χ4n) is 1.41. The SMILES string of the molecule is CNCOc1ccc2ccccc2c1. The summed E-state index contributed by atoms with van der Waals surface area (Å²) in [7, 11) is 1.86. The van der Waals surface area contributed by atoms with Gasteiger partial charge in [-0.1, -0.05) is 30.3 Å². The van der Waals surface area contributed by atoms with Crippen molar-refractivity contribution in [3.63, 3.8) is 0 Å². The van der Waals surface area contributed by atoms with Gasteiger partial charge in [-0.25, -0.2) is 0 Å². The van der Waals surface area contributed by atoms with Crippen molar-refractivity contribution in [2.24, 2.45) is 0 Å². The average Bonchev–Trinajstić information content (AvgIpc) is 2.26. The zero-order valence-corrected chi connectivity index (χ0v) is 8.16. The van der Waals surface area contributed by atoms with Gasteiger partial charge in [-0.2, -0.15) is 0 Å². The molecule has 0 aromatic heterocycles. The van der Waals surface area contributed by atoms with Gasteiger partial charge in [0.1, 0.15) is 12.5 Å². The van der Waals surface area contributed by atoms with Gasteiger partial charge in [-0.3, -0.25) is 5.32 Å². The van der Waals surface area contributed by atoms with Crippen LogP contribution in [0.4, 0.5) is 0 Å². The van der Waals surface area contributed by atoms with Gasteiger partial charge >= 0.3 is 0 Å². The van der Waals surface area contributed by atoms with Crippen molar-refractivity contribution < 1.29 is 4.74 Å². The minimum absolute atomic E-state index is 0.540. The van der Waals surface area contributed by atoms with Crippen LogP contribution in [0.15, 0.2) is 42.5 Å². The summed E-state index contributed by atoms with van der Waals surface area (Å²) in [6.07, 6.45) is 0. The largest absolute Gasteiger partial charge is 0.478 e. The van der Waals surface area contributed by atoms with Gasteiger partial charge in [-0.15, -0.1) is 0 Å². The van der Waals surface area contributed by atoms with E-state index in [2.05, 4.69) is 23.5 Å². The van der Waals surface area contributed by atoms with Gasteiger partial charge in [0.15, 0.2) is 0 Å². The Morgan fingerprint density at radius 3 is 2.64 bits per heavy atom. The molecule has 2 aromatic carbocycles. The quantitative estimate of drug-likeness (QED) is 0.745. The summed E-state index contributed by atoms with van der Waals surface area (Å²) in [5.41, 5.74) is 0. The number of hydrogen-bond donors (Lipinski definition) is 1. The van der Waals surface area contributed by atoms with Crippen molar-refractivity contribution in [2.45, 2.75) is 0 Å². The number of hydrogen-bond acceptors (Lipinski definition) is 2. The van der Waals surface area contributed by atoms with E-state index in [-0.39, 0.29) is 0 Å². The normalized spacial score (nSPS) is 10.4. The summed E-state index contributed by atoms with van der Waals surface area (Å²) in [6.45, 7) is 0.540. The van der Waals surface area contributed by atoms with Crippen molar-refractivity contribution >= 4 is 10.8 Å². The summed E-state index contributed by atoms with van der Waals surface area (Å²) >= 11 is 0. The zero-order valence-electron chi connectivity index (χ0n) is 8.16. The van der Waals surface area contributed by atoms with Crippen LogP contribution in [0.2, 0.25) is 0 Å². The summed E-state index contributed by atoms with van der Waals surface area (Å²) in [6, 6.07) is 14.4. The van der Waals surface area contributed by atoms with E-state index in [1.807, 2.05) is 31.3 Å². The van der Waals surface area contributed by atoms with Crippen LogP contribution < -0.4 is 10.1 Å². The molecular formula is C12H13NO. The Kier molecular flexibility index (Phi) is 2.65. The molecule has 2 rings (SSSR count). The number of ether oxygens (including phenoxy) is 1. The molecule has 0 unspecified atom stereocenters. The highest BCUT2D eigenvalue weighted by Crippen LogP contribution is 2.20. The van der Waals surface area contributed by atoms with Gasteiger partial charge in [0.05, 0.1) is 0 Å². The predicted octanol–water partition coefficient (Wildman–Crippen LogP) is 2.40. The monoisotopic (exact) mass is 187 g/mol. The van der Waals surface area contributed by atoms with Crippen LogP contribution in [0.1, 0.15) is 0 Å². The maximum atomic E-state index is 5.45. The van der Waals surface area contributed by atoms with Crippen LogP contribution in [0.3, 0.4) is 0 Å². The van der Waals surface area contributed by atoms with Crippen LogP contribution in [0.5, 0.6) is 5.75 Å². The molecule has 2 aromatic rings. The van der Waals surface area contributed by atoms with E-state index < -0.39 is 0 Å². The van der Waals surface area contributed by atoms with Gasteiger partial charge in [-0.05, 0) is 30.0 Å². The first-order chi connectivity index (χ1) is 6.90. The second-order valence-corrected chi connectivity index (χ2v) is 3.15. The molecule has 0 aliphatic carbocycles. The van der Waals surface area contributed by atoms with Crippen molar-refractivity contribution in [1.29, 1.82) is 0 Å². The van der Waals surface area contributed by atoms with E-state index in [4.69, 9.17) is 4.74 Å². The van der Waals surface area contributed by atoms with Crippen LogP contribution in [-0.2, 0) is 0 Å². The topological polar surface area (TPSA) is 21.3 Å². The molecule has 0 saturated heterocycles. The first-order valence-corrected chi connectivity index (χ1v) is 4.66. The van der Waals surface area contributed by atoms with Crippen LogP contribution >= 0.6 is 0 Å². The molecule has 0 atom stereocenters. The second-order valence-electron chi connectivity index (χ2n) is 3.15. The lowest BCUT2D eigenvalue weighted by atomic mass is 10.1. The first-order valence-electron chi connectivity index (χ1n) is 4.66.